The lowest BCUT2D eigenvalue weighted by atomic mass is 9.92. The zero-order valence-electron chi connectivity index (χ0n) is 10.2. The van der Waals surface area contributed by atoms with Crippen LogP contribution in [0.1, 0.15) is 24.8 Å². The van der Waals surface area contributed by atoms with Crippen LogP contribution in [-0.2, 0) is 16.1 Å². The van der Waals surface area contributed by atoms with Crippen LogP contribution < -0.4 is 0 Å². The molecule has 0 amide bonds. The highest BCUT2D eigenvalue weighted by Gasteiger charge is 2.29. The van der Waals surface area contributed by atoms with Crippen molar-refractivity contribution in [3.63, 3.8) is 0 Å². The van der Waals surface area contributed by atoms with E-state index in [1.165, 1.54) is 5.56 Å². The summed E-state index contributed by atoms with van der Waals surface area (Å²) in [5.74, 6) is 0. The van der Waals surface area contributed by atoms with Crippen molar-refractivity contribution in [2.45, 2.75) is 44.2 Å². The third-order valence-corrected chi connectivity index (χ3v) is 3.34. The molecular weight excluding hydrogens is 216 g/mol. The molecule has 0 spiro atoms. The van der Waals surface area contributed by atoms with E-state index in [1.807, 2.05) is 18.2 Å². The molecule has 3 heteroatoms. The molecule has 1 N–H and O–H groups in total. The number of hydrogen-bond acceptors (Lipinski definition) is 3. The minimum absolute atomic E-state index is 0.0791. The zero-order valence-corrected chi connectivity index (χ0v) is 10.2. The van der Waals surface area contributed by atoms with Crippen LogP contribution in [0, 0.1) is 0 Å². The lowest BCUT2D eigenvalue weighted by molar-refractivity contribution is -0.0920. The first kappa shape index (κ1) is 12.6. The van der Waals surface area contributed by atoms with Crippen LogP contribution in [0.2, 0.25) is 0 Å². The van der Waals surface area contributed by atoms with Crippen LogP contribution in [0.3, 0.4) is 0 Å². The molecule has 0 radical (unpaired) electrons. The van der Waals surface area contributed by atoms with Crippen LogP contribution >= 0.6 is 0 Å². The minimum Gasteiger partial charge on any atom is -0.390 e. The summed E-state index contributed by atoms with van der Waals surface area (Å²) in [4.78, 5) is 0. The molecule has 1 aromatic rings. The fourth-order valence-electron chi connectivity index (χ4n) is 2.27. The van der Waals surface area contributed by atoms with Gasteiger partial charge < -0.3 is 14.6 Å². The molecule has 3 nitrogen and oxygen atoms in total. The summed E-state index contributed by atoms with van der Waals surface area (Å²) in [7, 11) is 1.65. The number of ether oxygens (including phenoxy) is 2. The van der Waals surface area contributed by atoms with Gasteiger partial charge in [-0.1, -0.05) is 30.3 Å². The molecule has 0 aliphatic heterocycles. The molecule has 1 aromatic carbocycles. The highest BCUT2D eigenvalue weighted by Crippen LogP contribution is 2.24. The first-order valence-corrected chi connectivity index (χ1v) is 6.16. The predicted octanol–water partition coefficient (Wildman–Crippen LogP) is 2.13. The van der Waals surface area contributed by atoms with Crippen molar-refractivity contribution in [3.05, 3.63) is 35.9 Å². The van der Waals surface area contributed by atoms with E-state index in [2.05, 4.69) is 12.1 Å². The van der Waals surface area contributed by atoms with Gasteiger partial charge in [-0.15, -0.1) is 0 Å². The first-order valence-electron chi connectivity index (χ1n) is 6.16. The third-order valence-electron chi connectivity index (χ3n) is 3.34. The molecule has 0 heterocycles. The van der Waals surface area contributed by atoms with E-state index in [-0.39, 0.29) is 18.3 Å². The molecule has 2 rings (SSSR count). The number of methoxy groups -OCH3 is 1. The monoisotopic (exact) mass is 236 g/mol. The highest BCUT2D eigenvalue weighted by molar-refractivity contribution is 5.13. The summed E-state index contributed by atoms with van der Waals surface area (Å²) < 4.78 is 11.1. The van der Waals surface area contributed by atoms with Crippen molar-refractivity contribution < 1.29 is 14.6 Å². The summed E-state index contributed by atoms with van der Waals surface area (Å²) in [6, 6.07) is 10.2. The van der Waals surface area contributed by atoms with Gasteiger partial charge in [-0.05, 0) is 18.4 Å². The van der Waals surface area contributed by atoms with Crippen LogP contribution in [0.25, 0.3) is 0 Å². The number of benzene rings is 1. The second-order valence-electron chi connectivity index (χ2n) is 4.57. The van der Waals surface area contributed by atoms with Gasteiger partial charge in [-0.3, -0.25) is 0 Å². The van der Waals surface area contributed by atoms with E-state index in [0.717, 1.165) is 19.3 Å². The lowest BCUT2D eigenvalue weighted by Gasteiger charge is -2.32. The Kier molecular flexibility index (Phi) is 4.54. The number of hydrogen-bond donors (Lipinski definition) is 1. The average molecular weight is 236 g/mol. The largest absolute Gasteiger partial charge is 0.390 e. The number of aliphatic hydroxyl groups excluding tert-OH is 1. The fraction of sp³-hybridized carbons (Fsp3) is 0.571. The molecule has 1 aliphatic rings. The second-order valence-corrected chi connectivity index (χ2v) is 4.57. The van der Waals surface area contributed by atoms with E-state index in [1.54, 1.807) is 7.11 Å². The first-order chi connectivity index (χ1) is 8.29. The van der Waals surface area contributed by atoms with Gasteiger partial charge in [0.2, 0.25) is 0 Å². The van der Waals surface area contributed by atoms with Gasteiger partial charge in [0, 0.05) is 13.5 Å². The van der Waals surface area contributed by atoms with Gasteiger partial charge in [0.1, 0.15) is 0 Å². The molecule has 1 aliphatic carbocycles. The average Bonchev–Trinajstić information content (AvgIpc) is 2.39. The van der Waals surface area contributed by atoms with E-state index in [4.69, 9.17) is 9.47 Å². The summed E-state index contributed by atoms with van der Waals surface area (Å²) in [6.07, 6.45) is 2.24. The van der Waals surface area contributed by atoms with Crippen molar-refractivity contribution in [1.29, 1.82) is 0 Å². The molecule has 3 atom stereocenters. The quantitative estimate of drug-likeness (QED) is 0.870. The van der Waals surface area contributed by atoms with Crippen LogP contribution in [-0.4, -0.2) is 30.5 Å². The maximum Gasteiger partial charge on any atom is 0.0854 e. The fourth-order valence-corrected chi connectivity index (χ4v) is 2.27. The maximum atomic E-state index is 9.69. The van der Waals surface area contributed by atoms with Gasteiger partial charge in [0.15, 0.2) is 0 Å². The summed E-state index contributed by atoms with van der Waals surface area (Å²) in [5, 5.41) is 9.69. The predicted molar refractivity (Wildman–Crippen MR) is 65.7 cm³/mol. The number of aliphatic hydroxyl groups is 1. The second kappa shape index (κ2) is 6.15. The van der Waals surface area contributed by atoms with E-state index >= 15 is 0 Å². The lowest BCUT2D eigenvalue weighted by Crippen LogP contribution is -2.38. The molecule has 1 saturated carbocycles. The minimum atomic E-state index is -0.337. The molecule has 94 valence electrons. The molecule has 0 bridgehead atoms. The van der Waals surface area contributed by atoms with E-state index in [0.29, 0.717) is 6.61 Å². The molecule has 0 saturated heterocycles. The van der Waals surface area contributed by atoms with E-state index < -0.39 is 0 Å². The van der Waals surface area contributed by atoms with Crippen molar-refractivity contribution in [1.82, 2.24) is 0 Å². The van der Waals surface area contributed by atoms with Crippen molar-refractivity contribution >= 4 is 0 Å². The van der Waals surface area contributed by atoms with Gasteiger partial charge in [-0.2, -0.15) is 0 Å². The van der Waals surface area contributed by atoms with Crippen molar-refractivity contribution in [3.8, 4) is 0 Å². The van der Waals surface area contributed by atoms with Crippen molar-refractivity contribution in [2.24, 2.45) is 0 Å². The van der Waals surface area contributed by atoms with Crippen LogP contribution in [0.15, 0.2) is 30.3 Å². The number of rotatable bonds is 4. The molecule has 0 aromatic heterocycles. The molecule has 17 heavy (non-hydrogen) atoms. The Morgan fingerprint density at radius 1 is 1.24 bits per heavy atom. The normalized spacial score (nSPS) is 29.2. The SMILES string of the molecule is CO[C@H]1C[C@H](OCc2ccccc2)CC[C@@H]1O. The Hall–Kier alpha value is -0.900. The van der Waals surface area contributed by atoms with Gasteiger partial charge in [0.25, 0.3) is 0 Å². The smallest absolute Gasteiger partial charge is 0.0854 e. The Balaban J connectivity index is 1.80. The summed E-state index contributed by atoms with van der Waals surface area (Å²) >= 11 is 0. The Bertz CT molecular complexity index is 325. The Labute approximate surface area is 102 Å². The Morgan fingerprint density at radius 2 is 2.00 bits per heavy atom. The molecule has 0 unspecified atom stereocenters. The van der Waals surface area contributed by atoms with Crippen LogP contribution in [0.4, 0.5) is 0 Å². The topological polar surface area (TPSA) is 38.7 Å². The molecular formula is C14H20O3. The third kappa shape index (κ3) is 3.53. The maximum absolute atomic E-state index is 9.69. The zero-order chi connectivity index (χ0) is 12.1. The van der Waals surface area contributed by atoms with Gasteiger partial charge >= 0.3 is 0 Å². The van der Waals surface area contributed by atoms with Gasteiger partial charge in [-0.25, -0.2) is 0 Å². The Morgan fingerprint density at radius 3 is 2.71 bits per heavy atom. The molecule has 1 fully saturated rings. The standard InChI is InChI=1S/C14H20O3/c1-16-14-9-12(7-8-13(14)15)17-10-11-5-3-2-4-6-11/h2-6,12-15H,7-10H2,1H3/t12-,13+,14+/m1/s1. The highest BCUT2D eigenvalue weighted by atomic mass is 16.5. The van der Waals surface area contributed by atoms with Gasteiger partial charge in [0.05, 0.1) is 24.9 Å². The summed E-state index contributed by atoms with van der Waals surface area (Å²) in [5.41, 5.74) is 1.19. The summed E-state index contributed by atoms with van der Waals surface area (Å²) in [6.45, 7) is 0.637. The van der Waals surface area contributed by atoms with Crippen molar-refractivity contribution in [2.75, 3.05) is 7.11 Å². The van der Waals surface area contributed by atoms with Crippen LogP contribution in [0.5, 0.6) is 0 Å². The van der Waals surface area contributed by atoms with E-state index in [9.17, 15) is 5.11 Å².